The summed E-state index contributed by atoms with van der Waals surface area (Å²) in [4.78, 5) is -0.247. The molecule has 0 fully saturated rings. The lowest BCUT2D eigenvalue weighted by Crippen LogP contribution is -2.48. The number of hydrogen-bond donors (Lipinski definition) is 1. The van der Waals surface area contributed by atoms with Gasteiger partial charge in [-0.25, -0.2) is 0 Å². The first kappa shape index (κ1) is 41.4. The number of unbranched alkanes of at least 4 members (excludes halogenated alkanes) is 11. The van der Waals surface area contributed by atoms with Crippen molar-refractivity contribution in [1.82, 2.24) is 6.15 Å². The van der Waals surface area contributed by atoms with E-state index in [1.54, 1.807) is 21.3 Å². The molecule has 2 unspecified atom stereocenters. The second-order valence-electron chi connectivity index (χ2n) is 10.9. The van der Waals surface area contributed by atoms with Gasteiger partial charge in [0.25, 0.3) is 0 Å². The van der Waals surface area contributed by atoms with Crippen molar-refractivity contribution in [3.63, 3.8) is 0 Å². The highest BCUT2D eigenvalue weighted by molar-refractivity contribution is 6.60. The molecule has 0 saturated heterocycles. The summed E-state index contributed by atoms with van der Waals surface area (Å²) >= 11 is 7.07. The molecular weight excluding hydrogens is 534 g/mol. The number of methoxy groups -OCH3 is 3. The van der Waals surface area contributed by atoms with Crippen LogP contribution in [0.2, 0.25) is 6.04 Å². The van der Waals surface area contributed by atoms with E-state index in [9.17, 15) is 0 Å². The highest BCUT2D eigenvalue weighted by Gasteiger charge is 2.42. The molecule has 0 radical (unpaired) electrons. The molecule has 3 N–H and O–H groups in total. The summed E-state index contributed by atoms with van der Waals surface area (Å²) in [5.41, 5.74) is 0. The molecule has 7 nitrogen and oxygen atoms in total. The van der Waals surface area contributed by atoms with Gasteiger partial charge in [-0.3, -0.25) is 0 Å². The molecule has 238 valence electrons. The topological polar surface area (TPSA) is 90.4 Å². The fourth-order valence-corrected chi connectivity index (χ4v) is 7.39. The molecule has 0 aromatic heterocycles. The Morgan fingerprint density at radius 3 is 1.38 bits per heavy atom. The Morgan fingerprint density at radius 1 is 0.615 bits per heavy atom. The van der Waals surface area contributed by atoms with Crippen molar-refractivity contribution >= 4 is 20.4 Å². The maximum Gasteiger partial charge on any atom is 0.501 e. The van der Waals surface area contributed by atoms with Gasteiger partial charge in [0, 0.05) is 32.2 Å². The minimum Gasteiger partial charge on any atom is -0.382 e. The lowest BCUT2D eigenvalue weighted by atomic mass is 9.86. The first-order valence-electron chi connectivity index (χ1n) is 15.4. The molecule has 39 heavy (non-hydrogen) atoms. The van der Waals surface area contributed by atoms with Crippen molar-refractivity contribution in [2.24, 2.45) is 5.92 Å². The lowest BCUT2D eigenvalue weighted by Gasteiger charge is -2.33. The Kier molecular flexibility index (Phi) is 30.1. The van der Waals surface area contributed by atoms with Gasteiger partial charge in [0.2, 0.25) is 0 Å². The number of ether oxygens (including phenoxy) is 3. The van der Waals surface area contributed by atoms with E-state index in [-0.39, 0.29) is 11.0 Å². The quantitative estimate of drug-likeness (QED) is 0.0502. The van der Waals surface area contributed by atoms with Crippen LogP contribution in [0.4, 0.5) is 0 Å². The second kappa shape index (κ2) is 28.4. The van der Waals surface area contributed by atoms with E-state index in [1.165, 1.54) is 83.5 Å². The maximum absolute atomic E-state index is 7.07. The molecule has 0 saturated carbocycles. The van der Waals surface area contributed by atoms with Gasteiger partial charge in [0.05, 0.1) is 39.6 Å². The SMILES string of the molecule is CCCCCCCCCCCCCCC(C)C(C)(Cl)CCC[Si](OCCOC)(OCCOC)OCCOC.N. The monoisotopic (exact) mass is 599 g/mol. The average Bonchev–Trinajstić information content (AvgIpc) is 2.89. The van der Waals surface area contributed by atoms with Gasteiger partial charge in [0.1, 0.15) is 0 Å². The summed E-state index contributed by atoms with van der Waals surface area (Å²) in [5, 5.41) is 0. The van der Waals surface area contributed by atoms with E-state index in [4.69, 9.17) is 39.1 Å². The molecular formula is C30H66ClNO6Si. The van der Waals surface area contributed by atoms with Crippen molar-refractivity contribution < 1.29 is 27.5 Å². The first-order valence-corrected chi connectivity index (χ1v) is 17.8. The third-order valence-electron chi connectivity index (χ3n) is 7.50. The van der Waals surface area contributed by atoms with Crippen LogP contribution in [0.3, 0.4) is 0 Å². The number of hydrogen-bond acceptors (Lipinski definition) is 7. The van der Waals surface area contributed by atoms with Crippen LogP contribution in [-0.4, -0.2) is 74.6 Å². The molecule has 0 aromatic carbocycles. The van der Waals surface area contributed by atoms with Crippen LogP contribution in [0.25, 0.3) is 0 Å². The Hall–Kier alpha value is 0.227. The number of halogens is 1. The molecule has 0 heterocycles. The molecule has 0 spiro atoms. The summed E-state index contributed by atoms with van der Waals surface area (Å²) in [6.45, 7) is 9.59. The van der Waals surface area contributed by atoms with Gasteiger partial charge in [-0.15, -0.1) is 11.6 Å². The Morgan fingerprint density at radius 2 is 1.00 bits per heavy atom. The largest absolute Gasteiger partial charge is 0.501 e. The van der Waals surface area contributed by atoms with Crippen molar-refractivity contribution in [3.05, 3.63) is 0 Å². The third-order valence-corrected chi connectivity index (χ3v) is 11.0. The summed E-state index contributed by atoms with van der Waals surface area (Å²) in [6, 6.07) is 0.720. The lowest BCUT2D eigenvalue weighted by molar-refractivity contribution is 0.0141. The van der Waals surface area contributed by atoms with Crippen LogP contribution in [0.5, 0.6) is 0 Å². The summed E-state index contributed by atoms with van der Waals surface area (Å²) in [5.74, 6) is 0.460. The summed E-state index contributed by atoms with van der Waals surface area (Å²) < 4.78 is 34.2. The Balaban J connectivity index is 0. The highest BCUT2D eigenvalue weighted by Crippen LogP contribution is 2.35. The third kappa shape index (κ3) is 23.5. The van der Waals surface area contributed by atoms with Crippen LogP contribution in [0.15, 0.2) is 0 Å². The first-order chi connectivity index (χ1) is 18.4. The molecule has 0 rings (SSSR count). The Labute approximate surface area is 248 Å². The number of rotatable bonds is 30. The summed E-state index contributed by atoms with van der Waals surface area (Å²) in [6.07, 6.45) is 19.5. The van der Waals surface area contributed by atoms with Gasteiger partial charge >= 0.3 is 8.80 Å². The van der Waals surface area contributed by atoms with E-state index < -0.39 is 8.80 Å². The van der Waals surface area contributed by atoms with Gasteiger partial charge in [-0.1, -0.05) is 90.9 Å². The van der Waals surface area contributed by atoms with E-state index in [2.05, 4.69) is 20.8 Å². The predicted octanol–water partition coefficient (Wildman–Crippen LogP) is 8.58. The smallest absolute Gasteiger partial charge is 0.382 e. The molecule has 2 atom stereocenters. The zero-order chi connectivity index (χ0) is 28.4. The normalized spacial score (nSPS) is 14.2. The van der Waals surface area contributed by atoms with Crippen LogP contribution in [0, 0.1) is 5.92 Å². The van der Waals surface area contributed by atoms with E-state index in [0.717, 1.165) is 18.9 Å². The molecule has 0 aliphatic carbocycles. The second-order valence-corrected chi connectivity index (χ2v) is 14.5. The minimum atomic E-state index is -2.90. The van der Waals surface area contributed by atoms with E-state index in [0.29, 0.717) is 45.6 Å². The zero-order valence-electron chi connectivity index (χ0n) is 26.7. The van der Waals surface area contributed by atoms with Crippen LogP contribution >= 0.6 is 11.6 Å². The van der Waals surface area contributed by atoms with Crippen LogP contribution in [0.1, 0.15) is 117 Å². The van der Waals surface area contributed by atoms with Gasteiger partial charge in [-0.2, -0.15) is 0 Å². The zero-order valence-corrected chi connectivity index (χ0v) is 28.4. The molecule has 0 aromatic rings. The number of alkyl halides is 1. The van der Waals surface area contributed by atoms with Crippen LogP contribution in [-0.2, 0) is 27.5 Å². The Bertz CT molecular complexity index is 478. The van der Waals surface area contributed by atoms with Crippen molar-refractivity contribution in [3.8, 4) is 0 Å². The fourth-order valence-electron chi connectivity index (χ4n) is 4.67. The van der Waals surface area contributed by atoms with Crippen LogP contribution < -0.4 is 6.15 Å². The molecule has 0 amide bonds. The molecule has 0 aliphatic heterocycles. The van der Waals surface area contributed by atoms with Gasteiger partial charge in [-0.05, 0) is 32.1 Å². The van der Waals surface area contributed by atoms with E-state index in [1.807, 2.05) is 0 Å². The molecule has 0 aliphatic rings. The predicted molar refractivity (Wildman–Crippen MR) is 167 cm³/mol. The molecule has 0 bridgehead atoms. The molecule has 9 heteroatoms. The minimum absolute atomic E-state index is 0. The van der Waals surface area contributed by atoms with Crippen molar-refractivity contribution in [1.29, 1.82) is 0 Å². The van der Waals surface area contributed by atoms with E-state index >= 15 is 0 Å². The van der Waals surface area contributed by atoms with Gasteiger partial charge in [0.15, 0.2) is 0 Å². The maximum atomic E-state index is 7.07. The highest BCUT2D eigenvalue weighted by atomic mass is 35.5. The average molecular weight is 600 g/mol. The summed E-state index contributed by atoms with van der Waals surface area (Å²) in [7, 11) is 2.10. The fraction of sp³-hybridized carbons (Fsp3) is 1.00. The van der Waals surface area contributed by atoms with Crippen molar-refractivity contribution in [2.45, 2.75) is 128 Å². The standard InChI is InChI=1S/C30H63ClO6Si.H3N/c1-7-8-9-10-11-12-13-14-15-16-17-18-20-29(2)30(3,31)21-19-28-38(35-25-22-32-4,36-26-23-33-5)37-27-24-34-6;/h29H,7-28H2,1-6H3;1H3. The van der Waals surface area contributed by atoms with Crippen molar-refractivity contribution in [2.75, 3.05) is 61.0 Å². The van der Waals surface area contributed by atoms with Gasteiger partial charge < -0.3 is 33.6 Å².